The SMILES string of the molecule is O=C1NC(=O)/C(=C/c2ccc(ONc3ccccc3)c(Cl)c2)S1. The molecule has 0 spiro atoms. The van der Waals surface area contributed by atoms with Crippen molar-refractivity contribution in [2.24, 2.45) is 0 Å². The minimum Gasteiger partial charge on any atom is -0.381 e. The highest BCUT2D eigenvalue weighted by atomic mass is 35.5. The van der Waals surface area contributed by atoms with Crippen molar-refractivity contribution >= 4 is 46.3 Å². The maximum absolute atomic E-state index is 11.5. The Kier molecular flexibility index (Phi) is 4.55. The van der Waals surface area contributed by atoms with Crippen molar-refractivity contribution in [1.82, 2.24) is 5.32 Å². The Labute approximate surface area is 141 Å². The van der Waals surface area contributed by atoms with Crippen LogP contribution in [0.2, 0.25) is 5.02 Å². The minimum atomic E-state index is -0.401. The standard InChI is InChI=1S/C16H11ClN2O3S/c17-12-8-10(9-14-15(20)18-16(21)23-14)6-7-13(12)22-19-11-4-2-1-3-5-11/h1-9,19H,(H,18,20,21)/b14-9-. The van der Waals surface area contributed by atoms with Gasteiger partial charge in [0.15, 0.2) is 5.75 Å². The lowest BCUT2D eigenvalue weighted by atomic mass is 10.2. The van der Waals surface area contributed by atoms with Gasteiger partial charge < -0.3 is 4.84 Å². The molecule has 2 aromatic rings. The summed E-state index contributed by atoms with van der Waals surface area (Å²) >= 11 is 7.04. The van der Waals surface area contributed by atoms with Crippen LogP contribution in [-0.2, 0) is 4.79 Å². The Hall–Kier alpha value is -2.44. The zero-order valence-electron chi connectivity index (χ0n) is 11.7. The molecule has 0 bridgehead atoms. The molecule has 2 N–H and O–H groups in total. The van der Waals surface area contributed by atoms with Gasteiger partial charge in [0.2, 0.25) is 0 Å². The van der Waals surface area contributed by atoms with Gasteiger partial charge in [-0.3, -0.25) is 14.9 Å². The molecular formula is C16H11ClN2O3S. The quantitative estimate of drug-likeness (QED) is 0.645. The van der Waals surface area contributed by atoms with Crippen molar-refractivity contribution in [2.75, 3.05) is 5.48 Å². The number of thioether (sulfide) groups is 1. The Morgan fingerprint density at radius 2 is 1.91 bits per heavy atom. The van der Waals surface area contributed by atoms with E-state index in [0.29, 0.717) is 21.2 Å². The van der Waals surface area contributed by atoms with E-state index < -0.39 is 5.91 Å². The summed E-state index contributed by atoms with van der Waals surface area (Å²) in [6.07, 6.45) is 1.60. The Bertz CT molecular complexity index is 793. The second-order valence-electron chi connectivity index (χ2n) is 4.61. The van der Waals surface area contributed by atoms with Gasteiger partial charge in [-0.1, -0.05) is 35.9 Å². The summed E-state index contributed by atoms with van der Waals surface area (Å²) in [6.45, 7) is 0. The highest BCUT2D eigenvalue weighted by Gasteiger charge is 2.24. The molecule has 116 valence electrons. The van der Waals surface area contributed by atoms with Gasteiger partial charge >= 0.3 is 0 Å². The zero-order chi connectivity index (χ0) is 16.2. The molecule has 0 aromatic heterocycles. The molecule has 0 radical (unpaired) electrons. The van der Waals surface area contributed by atoms with Crippen molar-refractivity contribution in [3.63, 3.8) is 0 Å². The van der Waals surface area contributed by atoms with Crippen LogP contribution >= 0.6 is 23.4 Å². The average molecular weight is 347 g/mol. The van der Waals surface area contributed by atoms with E-state index in [1.54, 1.807) is 24.3 Å². The third-order valence-electron chi connectivity index (χ3n) is 2.95. The van der Waals surface area contributed by atoms with Crippen LogP contribution in [0.5, 0.6) is 5.75 Å². The number of carbonyl (C=O) groups excluding carboxylic acids is 2. The fourth-order valence-electron chi connectivity index (χ4n) is 1.88. The van der Waals surface area contributed by atoms with E-state index >= 15 is 0 Å². The molecule has 2 amide bonds. The van der Waals surface area contributed by atoms with Crippen LogP contribution in [0, 0.1) is 0 Å². The monoisotopic (exact) mass is 346 g/mol. The van der Waals surface area contributed by atoms with E-state index in [-0.39, 0.29) is 5.24 Å². The summed E-state index contributed by atoms with van der Waals surface area (Å²) in [4.78, 5) is 28.4. The first kappa shape index (κ1) is 15.5. The van der Waals surface area contributed by atoms with Crippen LogP contribution in [0.1, 0.15) is 5.56 Å². The number of anilines is 1. The molecule has 7 heteroatoms. The molecule has 5 nitrogen and oxygen atoms in total. The van der Waals surface area contributed by atoms with Crippen molar-refractivity contribution in [2.45, 2.75) is 0 Å². The molecule has 0 saturated carbocycles. The first-order valence-electron chi connectivity index (χ1n) is 6.64. The van der Waals surface area contributed by atoms with Crippen LogP contribution in [0.4, 0.5) is 10.5 Å². The van der Waals surface area contributed by atoms with Gasteiger partial charge in [0.05, 0.1) is 15.6 Å². The number of benzene rings is 2. The molecule has 3 rings (SSSR count). The van der Waals surface area contributed by atoms with E-state index in [0.717, 1.165) is 17.4 Å². The lowest BCUT2D eigenvalue weighted by Gasteiger charge is -2.09. The summed E-state index contributed by atoms with van der Waals surface area (Å²) in [7, 11) is 0. The number of carbonyl (C=O) groups is 2. The topological polar surface area (TPSA) is 67.4 Å². The third kappa shape index (κ3) is 3.85. The maximum Gasteiger partial charge on any atom is 0.290 e. The largest absolute Gasteiger partial charge is 0.381 e. The van der Waals surface area contributed by atoms with Crippen LogP contribution in [0.3, 0.4) is 0 Å². The summed E-state index contributed by atoms with van der Waals surface area (Å²) in [5.41, 5.74) is 4.30. The second kappa shape index (κ2) is 6.76. The molecule has 0 atom stereocenters. The van der Waals surface area contributed by atoms with Gasteiger partial charge in [0, 0.05) is 0 Å². The first-order valence-corrected chi connectivity index (χ1v) is 7.83. The minimum absolute atomic E-state index is 0.335. The normalized spacial score (nSPS) is 15.6. The number of hydrogen-bond donors (Lipinski definition) is 2. The van der Waals surface area contributed by atoms with Gasteiger partial charge in [0.25, 0.3) is 11.1 Å². The van der Waals surface area contributed by atoms with E-state index in [9.17, 15) is 9.59 Å². The van der Waals surface area contributed by atoms with Crippen molar-refractivity contribution in [3.8, 4) is 5.75 Å². The first-order chi connectivity index (χ1) is 11.1. The van der Waals surface area contributed by atoms with Crippen molar-refractivity contribution in [1.29, 1.82) is 0 Å². The van der Waals surface area contributed by atoms with E-state index in [1.165, 1.54) is 0 Å². The van der Waals surface area contributed by atoms with Gasteiger partial charge in [-0.15, -0.1) is 0 Å². The number of hydrogen-bond acceptors (Lipinski definition) is 5. The lowest BCUT2D eigenvalue weighted by Crippen LogP contribution is -2.17. The molecule has 0 aliphatic carbocycles. The van der Waals surface area contributed by atoms with E-state index in [2.05, 4.69) is 10.8 Å². The highest BCUT2D eigenvalue weighted by Crippen LogP contribution is 2.30. The molecule has 23 heavy (non-hydrogen) atoms. The molecule has 1 aliphatic rings. The van der Waals surface area contributed by atoms with E-state index in [4.69, 9.17) is 16.4 Å². The fraction of sp³-hybridized carbons (Fsp3) is 0. The summed E-state index contributed by atoms with van der Waals surface area (Å²) in [5, 5.41) is 2.21. The average Bonchev–Trinajstić information content (AvgIpc) is 2.85. The van der Waals surface area contributed by atoms with Crippen molar-refractivity contribution in [3.05, 3.63) is 64.0 Å². The van der Waals surface area contributed by atoms with Gasteiger partial charge in [0.1, 0.15) is 0 Å². The number of amides is 2. The number of para-hydroxylation sites is 1. The summed E-state index contributed by atoms with van der Waals surface area (Å²) < 4.78 is 0. The van der Waals surface area contributed by atoms with Crippen LogP contribution in [0.15, 0.2) is 53.4 Å². The number of rotatable bonds is 4. The molecule has 1 aliphatic heterocycles. The van der Waals surface area contributed by atoms with Crippen LogP contribution in [-0.4, -0.2) is 11.1 Å². The molecule has 0 unspecified atom stereocenters. The Morgan fingerprint density at radius 3 is 2.57 bits per heavy atom. The Morgan fingerprint density at radius 1 is 1.13 bits per heavy atom. The van der Waals surface area contributed by atoms with Crippen molar-refractivity contribution < 1.29 is 14.4 Å². The highest BCUT2D eigenvalue weighted by molar-refractivity contribution is 8.18. The summed E-state index contributed by atoms with van der Waals surface area (Å²) in [6, 6.07) is 14.5. The molecule has 1 saturated heterocycles. The molecular weight excluding hydrogens is 336 g/mol. The van der Waals surface area contributed by atoms with Crippen LogP contribution < -0.4 is 15.6 Å². The third-order valence-corrected chi connectivity index (χ3v) is 4.05. The lowest BCUT2D eigenvalue weighted by molar-refractivity contribution is -0.115. The summed E-state index contributed by atoms with van der Waals surface area (Å²) in [5.74, 6) is 0.0551. The van der Waals surface area contributed by atoms with Gasteiger partial charge in [-0.05, 0) is 47.7 Å². The number of halogens is 1. The smallest absolute Gasteiger partial charge is 0.290 e. The maximum atomic E-state index is 11.5. The van der Waals surface area contributed by atoms with Gasteiger partial charge in [-0.2, -0.15) is 0 Å². The number of nitrogens with one attached hydrogen (secondary N) is 2. The molecule has 1 fully saturated rings. The fourth-order valence-corrected chi connectivity index (χ4v) is 2.79. The van der Waals surface area contributed by atoms with E-state index in [1.807, 2.05) is 30.3 Å². The predicted octanol–water partition coefficient (Wildman–Crippen LogP) is 4.07. The molecule has 2 aromatic carbocycles. The number of imide groups is 1. The molecule has 1 heterocycles. The zero-order valence-corrected chi connectivity index (χ0v) is 13.3. The van der Waals surface area contributed by atoms with Gasteiger partial charge in [-0.25, -0.2) is 5.48 Å². The predicted molar refractivity (Wildman–Crippen MR) is 91.3 cm³/mol. The van der Waals surface area contributed by atoms with Crippen LogP contribution in [0.25, 0.3) is 6.08 Å². The Balaban J connectivity index is 1.72. The second-order valence-corrected chi connectivity index (χ2v) is 6.03.